The molecule has 0 spiro atoms. The first kappa shape index (κ1) is 11.9. The third-order valence-corrected chi connectivity index (χ3v) is 3.79. The number of rotatable bonds is 3. The summed E-state index contributed by atoms with van der Waals surface area (Å²) in [4.78, 5) is 14.1. The van der Waals surface area contributed by atoms with Gasteiger partial charge in [-0.3, -0.25) is 9.69 Å². The zero-order chi connectivity index (χ0) is 11.2. The highest BCUT2D eigenvalue weighted by atomic mass is 16.2. The standard InChI is InChI=1S/C13H24N2O/c16-13(11-15-9-5-6-10-15)14-12-7-3-1-2-4-8-12/h12H,1-11H2,(H,14,16). The smallest absolute Gasteiger partial charge is 0.234 e. The number of carbonyl (C=O) groups is 1. The van der Waals surface area contributed by atoms with Gasteiger partial charge in [-0.1, -0.05) is 25.7 Å². The molecule has 2 fully saturated rings. The molecule has 0 atom stereocenters. The van der Waals surface area contributed by atoms with Crippen LogP contribution in [0.2, 0.25) is 0 Å². The SMILES string of the molecule is O=C(CN1CCCC1)NC1CCCCCC1. The number of carbonyl (C=O) groups excluding carboxylic acids is 1. The Balaban J connectivity index is 1.68. The first-order valence-corrected chi connectivity index (χ1v) is 6.86. The Morgan fingerprint density at radius 3 is 2.25 bits per heavy atom. The van der Waals surface area contributed by atoms with Crippen LogP contribution in [0.15, 0.2) is 0 Å². The van der Waals surface area contributed by atoms with Crippen LogP contribution in [0.25, 0.3) is 0 Å². The summed E-state index contributed by atoms with van der Waals surface area (Å²) in [7, 11) is 0. The molecule has 2 rings (SSSR count). The van der Waals surface area contributed by atoms with Crippen LogP contribution in [0.1, 0.15) is 51.4 Å². The minimum atomic E-state index is 0.244. The van der Waals surface area contributed by atoms with Crippen molar-refractivity contribution < 1.29 is 4.79 Å². The lowest BCUT2D eigenvalue weighted by atomic mass is 10.1. The molecule has 1 N–H and O–H groups in total. The molecule has 1 amide bonds. The molecule has 1 aliphatic heterocycles. The Morgan fingerprint density at radius 1 is 1.00 bits per heavy atom. The third-order valence-electron chi connectivity index (χ3n) is 3.79. The number of hydrogen-bond donors (Lipinski definition) is 1. The van der Waals surface area contributed by atoms with Crippen LogP contribution in [0.4, 0.5) is 0 Å². The molecule has 0 aromatic rings. The maximum Gasteiger partial charge on any atom is 0.234 e. The van der Waals surface area contributed by atoms with Gasteiger partial charge >= 0.3 is 0 Å². The van der Waals surface area contributed by atoms with Gasteiger partial charge in [-0.05, 0) is 38.8 Å². The topological polar surface area (TPSA) is 32.3 Å². The average Bonchev–Trinajstić information content (AvgIpc) is 2.62. The summed E-state index contributed by atoms with van der Waals surface area (Å²) >= 11 is 0. The van der Waals surface area contributed by atoms with Gasteiger partial charge in [-0.25, -0.2) is 0 Å². The van der Waals surface area contributed by atoms with E-state index in [0.29, 0.717) is 12.6 Å². The minimum absolute atomic E-state index is 0.244. The number of nitrogens with zero attached hydrogens (tertiary/aromatic N) is 1. The zero-order valence-corrected chi connectivity index (χ0v) is 10.2. The first-order valence-electron chi connectivity index (χ1n) is 6.86. The highest BCUT2D eigenvalue weighted by Gasteiger charge is 2.18. The largest absolute Gasteiger partial charge is 0.352 e. The monoisotopic (exact) mass is 224 g/mol. The number of likely N-dealkylation sites (tertiary alicyclic amines) is 1. The van der Waals surface area contributed by atoms with Gasteiger partial charge in [0.1, 0.15) is 0 Å². The minimum Gasteiger partial charge on any atom is -0.352 e. The van der Waals surface area contributed by atoms with Crippen LogP contribution >= 0.6 is 0 Å². The summed E-state index contributed by atoms with van der Waals surface area (Å²) in [5, 5.41) is 3.21. The molecule has 0 bridgehead atoms. The zero-order valence-electron chi connectivity index (χ0n) is 10.2. The molecule has 0 unspecified atom stereocenters. The van der Waals surface area contributed by atoms with Crippen molar-refractivity contribution in [2.45, 2.75) is 57.4 Å². The molecule has 3 heteroatoms. The molecule has 0 aromatic carbocycles. The summed E-state index contributed by atoms with van der Waals surface area (Å²) < 4.78 is 0. The molecule has 92 valence electrons. The first-order chi connectivity index (χ1) is 7.84. The fraction of sp³-hybridized carbons (Fsp3) is 0.923. The van der Waals surface area contributed by atoms with Crippen LogP contribution in [-0.4, -0.2) is 36.5 Å². The Bertz CT molecular complexity index is 216. The van der Waals surface area contributed by atoms with Crippen LogP contribution < -0.4 is 5.32 Å². The Morgan fingerprint density at radius 2 is 1.62 bits per heavy atom. The molecule has 16 heavy (non-hydrogen) atoms. The summed E-state index contributed by atoms with van der Waals surface area (Å²) in [5.41, 5.74) is 0. The van der Waals surface area contributed by atoms with Crippen molar-refractivity contribution in [3.8, 4) is 0 Å². The van der Waals surface area contributed by atoms with Crippen molar-refractivity contribution in [3.63, 3.8) is 0 Å². The van der Waals surface area contributed by atoms with Crippen LogP contribution in [0, 0.1) is 0 Å². The normalized spacial score (nSPS) is 24.2. The van der Waals surface area contributed by atoms with E-state index in [4.69, 9.17) is 0 Å². The summed E-state index contributed by atoms with van der Waals surface area (Å²) in [5.74, 6) is 0.244. The van der Waals surface area contributed by atoms with Crippen LogP contribution in [0.5, 0.6) is 0 Å². The predicted molar refractivity (Wildman–Crippen MR) is 65.3 cm³/mol. The van der Waals surface area contributed by atoms with E-state index in [1.54, 1.807) is 0 Å². The molecule has 0 aromatic heterocycles. The molecule has 1 saturated carbocycles. The summed E-state index contributed by atoms with van der Waals surface area (Å²) in [6.45, 7) is 2.84. The van der Waals surface area contributed by atoms with E-state index in [0.717, 1.165) is 13.1 Å². The van der Waals surface area contributed by atoms with E-state index < -0.39 is 0 Å². The van der Waals surface area contributed by atoms with Gasteiger partial charge in [0.25, 0.3) is 0 Å². The van der Waals surface area contributed by atoms with Crippen LogP contribution in [-0.2, 0) is 4.79 Å². The second-order valence-electron chi connectivity index (χ2n) is 5.24. The summed E-state index contributed by atoms with van der Waals surface area (Å²) in [6, 6.07) is 0.456. The molecule has 3 nitrogen and oxygen atoms in total. The van der Waals surface area contributed by atoms with Crippen molar-refractivity contribution in [2.24, 2.45) is 0 Å². The van der Waals surface area contributed by atoms with Crippen molar-refractivity contribution in [2.75, 3.05) is 19.6 Å². The molecule has 1 saturated heterocycles. The Hall–Kier alpha value is -0.570. The fourth-order valence-electron chi connectivity index (χ4n) is 2.84. The molecular formula is C13H24N2O. The van der Waals surface area contributed by atoms with E-state index >= 15 is 0 Å². The lowest BCUT2D eigenvalue weighted by Crippen LogP contribution is -2.41. The highest BCUT2D eigenvalue weighted by Crippen LogP contribution is 2.17. The van der Waals surface area contributed by atoms with E-state index in [9.17, 15) is 4.79 Å². The van der Waals surface area contributed by atoms with E-state index in [2.05, 4.69) is 10.2 Å². The second kappa shape index (κ2) is 6.24. The van der Waals surface area contributed by atoms with Crippen molar-refractivity contribution >= 4 is 5.91 Å². The molecule has 0 radical (unpaired) electrons. The van der Waals surface area contributed by atoms with E-state index in [1.165, 1.54) is 51.4 Å². The van der Waals surface area contributed by atoms with Gasteiger partial charge in [-0.15, -0.1) is 0 Å². The number of nitrogens with one attached hydrogen (secondary N) is 1. The van der Waals surface area contributed by atoms with Crippen LogP contribution in [0.3, 0.4) is 0 Å². The van der Waals surface area contributed by atoms with Gasteiger partial charge < -0.3 is 5.32 Å². The number of amides is 1. The van der Waals surface area contributed by atoms with Gasteiger partial charge in [0.15, 0.2) is 0 Å². The number of hydrogen-bond acceptors (Lipinski definition) is 2. The van der Waals surface area contributed by atoms with Crippen molar-refractivity contribution in [1.29, 1.82) is 0 Å². The predicted octanol–water partition coefficient (Wildman–Crippen LogP) is 1.92. The Labute approximate surface area is 98.6 Å². The molecule has 2 aliphatic rings. The summed E-state index contributed by atoms with van der Waals surface area (Å²) in [6.07, 6.45) is 10.2. The highest BCUT2D eigenvalue weighted by molar-refractivity contribution is 5.78. The maximum absolute atomic E-state index is 11.8. The second-order valence-corrected chi connectivity index (χ2v) is 5.24. The molecule has 1 heterocycles. The lowest BCUT2D eigenvalue weighted by molar-refractivity contribution is -0.122. The van der Waals surface area contributed by atoms with Crippen molar-refractivity contribution in [1.82, 2.24) is 10.2 Å². The average molecular weight is 224 g/mol. The van der Waals surface area contributed by atoms with E-state index in [-0.39, 0.29) is 5.91 Å². The molecular weight excluding hydrogens is 200 g/mol. The maximum atomic E-state index is 11.8. The quantitative estimate of drug-likeness (QED) is 0.743. The Kier molecular flexibility index (Phi) is 4.64. The van der Waals surface area contributed by atoms with E-state index in [1.807, 2.05) is 0 Å². The van der Waals surface area contributed by atoms with Gasteiger partial charge in [0, 0.05) is 6.04 Å². The third kappa shape index (κ3) is 3.78. The van der Waals surface area contributed by atoms with Gasteiger partial charge in [0.2, 0.25) is 5.91 Å². The van der Waals surface area contributed by atoms with Gasteiger partial charge in [-0.2, -0.15) is 0 Å². The van der Waals surface area contributed by atoms with Gasteiger partial charge in [0.05, 0.1) is 6.54 Å². The lowest BCUT2D eigenvalue weighted by Gasteiger charge is -2.19. The molecule has 1 aliphatic carbocycles. The van der Waals surface area contributed by atoms with Crippen molar-refractivity contribution in [3.05, 3.63) is 0 Å². The fourth-order valence-corrected chi connectivity index (χ4v) is 2.84.